The van der Waals surface area contributed by atoms with Crippen molar-refractivity contribution < 1.29 is 55.1 Å². The van der Waals surface area contributed by atoms with Crippen molar-refractivity contribution in [3.8, 4) is 0 Å². The normalized spacial score (nSPS) is 49.6. The summed E-state index contributed by atoms with van der Waals surface area (Å²) in [7, 11) is 0. The predicted molar refractivity (Wildman–Crippen MR) is 171 cm³/mol. The molecule has 11 heteroatoms. The van der Waals surface area contributed by atoms with Crippen LogP contribution >= 0.6 is 0 Å². The SMILES string of the molecule is CC(C)=CC[C@H](O)[C@](C)(O)[C@@H]1[C@H](O)C[C@@]2(C)[C@@H]3CC=C4[C@H](C[C@H](O)[C@@H](O[C@@H]5O[C@H](CO)[C@@H](O)[C@H](O)[C@H]5O)C4(C)C)[C@]3(C)C(=O)C[C@]12C. The molecule has 16 atom stereocenters. The van der Waals surface area contributed by atoms with E-state index in [1.165, 1.54) is 0 Å². The summed E-state index contributed by atoms with van der Waals surface area (Å²) < 4.78 is 11.8. The van der Waals surface area contributed by atoms with E-state index >= 15 is 0 Å². The third kappa shape index (κ3) is 5.34. The number of aliphatic hydroxyl groups is 8. The second-order valence-electron chi connectivity index (χ2n) is 17.0. The molecular weight excluding hydrogens is 608 g/mol. The van der Waals surface area contributed by atoms with Crippen molar-refractivity contribution in [2.45, 2.75) is 148 Å². The quantitative estimate of drug-likeness (QED) is 0.183. The average molecular weight is 667 g/mol. The van der Waals surface area contributed by atoms with Crippen LogP contribution in [0.5, 0.6) is 0 Å². The lowest BCUT2D eigenvalue weighted by Gasteiger charge is -2.65. The van der Waals surface area contributed by atoms with Gasteiger partial charge < -0.3 is 50.3 Å². The number of allylic oxidation sites excluding steroid dienone is 2. The maximum Gasteiger partial charge on any atom is 0.187 e. The molecular formula is C36H58O11. The lowest BCUT2D eigenvalue weighted by molar-refractivity contribution is -0.327. The molecule has 0 aromatic heterocycles. The number of fused-ring (bicyclic) bond motifs is 5. The first kappa shape index (κ1) is 37.0. The molecule has 268 valence electrons. The van der Waals surface area contributed by atoms with E-state index < -0.39 is 94.9 Å². The van der Waals surface area contributed by atoms with Gasteiger partial charge in [-0.1, -0.05) is 57.9 Å². The van der Waals surface area contributed by atoms with Gasteiger partial charge in [0, 0.05) is 23.2 Å². The highest BCUT2D eigenvalue weighted by atomic mass is 16.7. The Kier molecular flexibility index (Phi) is 9.62. The molecule has 0 aromatic rings. The summed E-state index contributed by atoms with van der Waals surface area (Å²) >= 11 is 0. The minimum atomic E-state index is -1.65. The van der Waals surface area contributed by atoms with Crippen molar-refractivity contribution in [3.05, 3.63) is 23.3 Å². The van der Waals surface area contributed by atoms with Gasteiger partial charge in [-0.25, -0.2) is 0 Å². The molecule has 0 amide bonds. The number of ether oxygens (including phenoxy) is 2. The van der Waals surface area contributed by atoms with Crippen LogP contribution in [0.2, 0.25) is 0 Å². The highest BCUT2D eigenvalue weighted by Gasteiger charge is 2.74. The Morgan fingerprint density at radius 1 is 1.04 bits per heavy atom. The highest BCUT2D eigenvalue weighted by molar-refractivity contribution is 5.88. The number of Topliss-reactive ketones (excluding diaryl/α,β-unsaturated/α-hetero) is 1. The fourth-order valence-corrected chi connectivity index (χ4v) is 11.0. The molecule has 0 spiro atoms. The van der Waals surface area contributed by atoms with Gasteiger partial charge in [-0.2, -0.15) is 0 Å². The number of ketones is 1. The summed E-state index contributed by atoms with van der Waals surface area (Å²) in [5.74, 6) is -1.31. The summed E-state index contributed by atoms with van der Waals surface area (Å²) in [5, 5.41) is 87.3. The van der Waals surface area contributed by atoms with E-state index in [0.717, 1.165) is 11.1 Å². The van der Waals surface area contributed by atoms with E-state index in [2.05, 4.69) is 13.0 Å². The minimum absolute atomic E-state index is 0.00284. The van der Waals surface area contributed by atoms with Crippen LogP contribution in [0.1, 0.15) is 87.5 Å². The second kappa shape index (κ2) is 12.2. The number of carbonyl (C=O) groups excluding carboxylic acids is 1. The molecule has 8 N–H and O–H groups in total. The Morgan fingerprint density at radius 3 is 2.28 bits per heavy atom. The lowest BCUT2D eigenvalue weighted by atomic mass is 9.38. The van der Waals surface area contributed by atoms with Gasteiger partial charge in [-0.15, -0.1) is 0 Å². The summed E-state index contributed by atoms with van der Waals surface area (Å²) in [6, 6.07) is 0. The molecule has 0 bridgehead atoms. The van der Waals surface area contributed by atoms with Gasteiger partial charge >= 0.3 is 0 Å². The number of hydrogen-bond acceptors (Lipinski definition) is 11. The Balaban J connectivity index is 1.48. The Labute approximate surface area is 278 Å². The van der Waals surface area contributed by atoms with Gasteiger partial charge in [0.2, 0.25) is 0 Å². The molecule has 1 aliphatic heterocycles. The fourth-order valence-electron chi connectivity index (χ4n) is 11.0. The molecule has 4 fully saturated rings. The van der Waals surface area contributed by atoms with Crippen molar-refractivity contribution in [3.63, 3.8) is 0 Å². The van der Waals surface area contributed by atoms with E-state index in [-0.39, 0.29) is 36.9 Å². The van der Waals surface area contributed by atoms with E-state index in [0.29, 0.717) is 12.8 Å². The van der Waals surface area contributed by atoms with Gasteiger partial charge in [-0.05, 0) is 69.1 Å². The standard InChI is InChI=1S/C36H58O11/c1-17(2)9-12-24(40)36(8,45)29-21(39)14-33(5)23-11-10-18-19(35(23,7)25(41)15-34(29,33)6)13-20(38)30(32(18,3)4)47-31-28(44)27(43)26(42)22(16-37)46-31/h9-10,19-24,26-31,37-40,42-45H,11-16H2,1-8H3/t19-,20-,21+,22+,23-,24-,26+,27-,28+,29+,30+,31-,33-,34+,35-,36-/m0/s1. The van der Waals surface area contributed by atoms with Crippen LogP contribution in [0.25, 0.3) is 0 Å². The van der Waals surface area contributed by atoms with Gasteiger partial charge in [0.05, 0.1) is 36.6 Å². The molecule has 5 rings (SSSR count). The molecule has 0 unspecified atom stereocenters. The van der Waals surface area contributed by atoms with E-state index in [1.54, 1.807) is 6.92 Å². The molecule has 3 saturated carbocycles. The smallest absolute Gasteiger partial charge is 0.187 e. The second-order valence-corrected chi connectivity index (χ2v) is 17.0. The summed E-state index contributed by atoms with van der Waals surface area (Å²) in [6.07, 6.45) is -6.01. The van der Waals surface area contributed by atoms with Gasteiger partial charge in [0.1, 0.15) is 30.2 Å². The molecule has 1 saturated heterocycles. The molecule has 0 radical (unpaired) electrons. The van der Waals surface area contributed by atoms with Crippen LogP contribution in [0.15, 0.2) is 23.3 Å². The Bertz CT molecular complexity index is 1270. The molecule has 4 aliphatic carbocycles. The van der Waals surface area contributed by atoms with Crippen molar-refractivity contribution in [1.29, 1.82) is 0 Å². The van der Waals surface area contributed by atoms with Crippen molar-refractivity contribution in [2.24, 2.45) is 39.4 Å². The van der Waals surface area contributed by atoms with Crippen LogP contribution in [-0.4, -0.2) is 114 Å². The van der Waals surface area contributed by atoms with Crippen molar-refractivity contribution >= 4 is 5.78 Å². The average Bonchev–Trinajstić information content (AvgIpc) is 3.18. The molecule has 1 heterocycles. The largest absolute Gasteiger partial charge is 0.394 e. The van der Waals surface area contributed by atoms with E-state index in [9.17, 15) is 45.6 Å². The maximum absolute atomic E-state index is 14.7. The van der Waals surface area contributed by atoms with E-state index in [1.807, 2.05) is 47.6 Å². The van der Waals surface area contributed by atoms with Gasteiger partial charge in [0.15, 0.2) is 6.29 Å². The first-order chi connectivity index (χ1) is 21.6. The summed E-state index contributed by atoms with van der Waals surface area (Å²) in [4.78, 5) is 14.7. The zero-order chi connectivity index (χ0) is 35.2. The van der Waals surface area contributed by atoms with Crippen LogP contribution in [-0.2, 0) is 14.3 Å². The monoisotopic (exact) mass is 666 g/mol. The van der Waals surface area contributed by atoms with Gasteiger partial charge in [-0.3, -0.25) is 4.79 Å². The first-order valence-corrected chi connectivity index (χ1v) is 17.2. The molecule has 47 heavy (non-hydrogen) atoms. The van der Waals surface area contributed by atoms with Crippen LogP contribution in [0.4, 0.5) is 0 Å². The van der Waals surface area contributed by atoms with Crippen LogP contribution in [0, 0.1) is 39.4 Å². The van der Waals surface area contributed by atoms with Gasteiger partial charge in [0.25, 0.3) is 0 Å². The Hall–Kier alpha value is -1.25. The van der Waals surface area contributed by atoms with Crippen LogP contribution < -0.4 is 0 Å². The van der Waals surface area contributed by atoms with Crippen LogP contribution in [0.3, 0.4) is 0 Å². The zero-order valence-corrected chi connectivity index (χ0v) is 29.1. The van der Waals surface area contributed by atoms with Crippen molar-refractivity contribution in [1.82, 2.24) is 0 Å². The number of carbonyl (C=O) groups is 1. The minimum Gasteiger partial charge on any atom is -0.394 e. The topological polar surface area (TPSA) is 197 Å². The highest BCUT2D eigenvalue weighted by Crippen LogP contribution is 2.74. The third-order valence-corrected chi connectivity index (χ3v) is 13.8. The zero-order valence-electron chi connectivity index (χ0n) is 29.1. The van der Waals surface area contributed by atoms with E-state index in [4.69, 9.17) is 9.47 Å². The molecule has 11 nitrogen and oxygen atoms in total. The number of rotatable bonds is 7. The fraction of sp³-hybridized carbons (Fsp3) is 0.861. The maximum atomic E-state index is 14.7. The molecule has 0 aromatic carbocycles. The number of aliphatic hydroxyl groups excluding tert-OH is 7. The number of hydrogen-bond donors (Lipinski definition) is 8. The summed E-state index contributed by atoms with van der Waals surface area (Å²) in [6.45, 7) is 14.7. The van der Waals surface area contributed by atoms with Crippen molar-refractivity contribution in [2.75, 3.05) is 6.61 Å². The molecule has 5 aliphatic rings. The third-order valence-electron chi connectivity index (χ3n) is 13.8. The first-order valence-electron chi connectivity index (χ1n) is 17.2. The predicted octanol–water partition coefficient (Wildman–Crippen LogP) is 1.37. The Morgan fingerprint density at radius 2 is 1.68 bits per heavy atom. The summed E-state index contributed by atoms with van der Waals surface area (Å²) in [5.41, 5.74) is -2.84. The lowest BCUT2D eigenvalue weighted by Crippen LogP contribution is -2.66.